The van der Waals surface area contributed by atoms with Crippen molar-refractivity contribution in [1.29, 1.82) is 0 Å². The third-order valence-electron chi connectivity index (χ3n) is 10.6. The van der Waals surface area contributed by atoms with Gasteiger partial charge in [-0.2, -0.15) is 0 Å². The Kier molecular flexibility index (Phi) is 35.5. The average Bonchev–Trinajstić information content (AvgIpc) is 3.27. The number of carbonyl (C=O) groups is 2. The summed E-state index contributed by atoms with van der Waals surface area (Å²) in [7, 11) is -5.15. The summed E-state index contributed by atoms with van der Waals surface area (Å²) < 4.78 is 33.5. The zero-order chi connectivity index (χ0) is 47.3. The second-order valence-electron chi connectivity index (χ2n) is 16.4. The van der Waals surface area contributed by atoms with Crippen LogP contribution in [0.1, 0.15) is 162 Å². The third kappa shape index (κ3) is 30.5. The molecule has 9 atom stereocenters. The molecule has 0 saturated heterocycles. The highest BCUT2D eigenvalue weighted by Gasteiger charge is 2.51. The molecule has 1 saturated carbocycles. The molecule has 0 aromatic carbocycles. The van der Waals surface area contributed by atoms with Gasteiger partial charge in [0.05, 0.1) is 12.7 Å². The monoisotopic (exact) mass is 927 g/mol. The number of unbranched alkanes of at least 4 members (excludes halogenated alkanes) is 14. The number of rotatable bonds is 38. The Morgan fingerprint density at radius 1 is 0.578 bits per heavy atom. The van der Waals surface area contributed by atoms with Crippen LogP contribution in [0.3, 0.4) is 0 Å². The van der Waals surface area contributed by atoms with Crippen LogP contribution in [0.15, 0.2) is 72.9 Å². The van der Waals surface area contributed by atoms with Crippen LogP contribution in [0.4, 0.5) is 0 Å². The number of phosphoric acid groups is 1. The van der Waals surface area contributed by atoms with Gasteiger partial charge in [0.2, 0.25) is 0 Å². The van der Waals surface area contributed by atoms with Gasteiger partial charge < -0.3 is 45.0 Å². The first-order chi connectivity index (χ1) is 30.8. The Morgan fingerprint density at radius 3 is 1.73 bits per heavy atom. The SMILES string of the molecule is CC/C=C\C/C=C\CC(O)/C=C/C=C\C/C=C\CCCC(=O)OC[C@H](COP(=O)(O)OC1[C@H](O)[C@H](O)C(O)[C@H](O)[C@H]1O)OC(=O)CCCCCCCCC/C=C\CCCCCCCC. The van der Waals surface area contributed by atoms with E-state index in [9.17, 15) is 49.7 Å². The quantitative estimate of drug-likeness (QED) is 0.0101. The fourth-order valence-electron chi connectivity index (χ4n) is 6.75. The summed E-state index contributed by atoms with van der Waals surface area (Å²) in [6, 6.07) is 0. The number of hydrogen-bond acceptors (Lipinski definition) is 13. The number of aliphatic hydroxyl groups is 6. The van der Waals surface area contributed by atoms with Gasteiger partial charge in [-0.15, -0.1) is 0 Å². The first-order valence-electron chi connectivity index (χ1n) is 23.8. The molecule has 0 heterocycles. The minimum Gasteiger partial charge on any atom is -0.462 e. The van der Waals surface area contributed by atoms with E-state index in [2.05, 4.69) is 38.2 Å². The van der Waals surface area contributed by atoms with Gasteiger partial charge in [-0.1, -0.05) is 151 Å². The number of aliphatic hydroxyl groups excluding tert-OH is 6. The summed E-state index contributed by atoms with van der Waals surface area (Å²) in [6.45, 7) is 3.05. The molecule has 0 aromatic rings. The van der Waals surface area contributed by atoms with Crippen LogP contribution in [-0.2, 0) is 32.7 Å². The molecular weight excluding hydrogens is 843 g/mol. The highest BCUT2D eigenvalue weighted by Crippen LogP contribution is 2.47. The molecule has 0 amide bonds. The number of phosphoric ester groups is 1. The van der Waals surface area contributed by atoms with Crippen molar-refractivity contribution in [3.63, 3.8) is 0 Å². The first-order valence-corrected chi connectivity index (χ1v) is 25.3. The van der Waals surface area contributed by atoms with Gasteiger partial charge in [-0.3, -0.25) is 18.6 Å². The van der Waals surface area contributed by atoms with E-state index in [4.69, 9.17) is 18.5 Å². The van der Waals surface area contributed by atoms with Crippen LogP contribution < -0.4 is 0 Å². The third-order valence-corrected chi connectivity index (χ3v) is 11.6. The van der Waals surface area contributed by atoms with Crippen LogP contribution in [0, 0.1) is 0 Å². The van der Waals surface area contributed by atoms with Crippen LogP contribution in [0.2, 0.25) is 0 Å². The molecule has 15 heteroatoms. The summed E-state index contributed by atoms with van der Waals surface area (Å²) in [5.74, 6) is -1.22. The molecule has 1 fully saturated rings. The summed E-state index contributed by atoms with van der Waals surface area (Å²) in [6.07, 6.45) is 31.2. The van der Waals surface area contributed by atoms with Crippen molar-refractivity contribution in [2.24, 2.45) is 0 Å². The maximum absolute atomic E-state index is 12.8. The Hall–Kier alpha value is -2.75. The highest BCUT2D eigenvalue weighted by molar-refractivity contribution is 7.47. The van der Waals surface area contributed by atoms with Gasteiger partial charge >= 0.3 is 19.8 Å². The number of ether oxygens (including phenoxy) is 2. The lowest BCUT2D eigenvalue weighted by atomic mass is 9.85. The van der Waals surface area contributed by atoms with Gasteiger partial charge in [-0.25, -0.2) is 4.57 Å². The second kappa shape index (κ2) is 38.4. The lowest BCUT2D eigenvalue weighted by Crippen LogP contribution is -2.64. The maximum atomic E-state index is 12.8. The first kappa shape index (κ1) is 59.3. The van der Waals surface area contributed by atoms with Gasteiger partial charge in [-0.05, 0) is 70.6 Å². The fraction of sp³-hybridized carbons (Fsp3) is 0.714. The van der Waals surface area contributed by atoms with Gasteiger partial charge in [0.15, 0.2) is 6.10 Å². The van der Waals surface area contributed by atoms with Crippen LogP contribution in [0.5, 0.6) is 0 Å². The van der Waals surface area contributed by atoms with Crippen molar-refractivity contribution in [2.45, 2.75) is 210 Å². The fourth-order valence-corrected chi connectivity index (χ4v) is 7.73. The van der Waals surface area contributed by atoms with Crippen molar-refractivity contribution < 1.29 is 68.2 Å². The van der Waals surface area contributed by atoms with E-state index in [1.807, 2.05) is 36.5 Å². The number of esters is 2. The maximum Gasteiger partial charge on any atom is 0.472 e. The lowest BCUT2D eigenvalue weighted by Gasteiger charge is -2.41. The van der Waals surface area contributed by atoms with E-state index in [0.717, 1.165) is 64.2 Å². The molecular formula is C49H83O14P. The van der Waals surface area contributed by atoms with Crippen LogP contribution in [0.25, 0.3) is 0 Å². The van der Waals surface area contributed by atoms with Crippen molar-refractivity contribution >= 4 is 19.8 Å². The molecule has 7 N–H and O–H groups in total. The normalized spacial score (nSPS) is 22.7. The van der Waals surface area contributed by atoms with E-state index in [0.29, 0.717) is 32.1 Å². The van der Waals surface area contributed by atoms with Crippen LogP contribution in [-0.4, -0.2) is 110 Å². The lowest BCUT2D eigenvalue weighted by molar-refractivity contribution is -0.220. The molecule has 64 heavy (non-hydrogen) atoms. The molecule has 0 bridgehead atoms. The van der Waals surface area contributed by atoms with E-state index >= 15 is 0 Å². The van der Waals surface area contributed by atoms with Crippen LogP contribution >= 0.6 is 7.82 Å². The molecule has 1 aliphatic carbocycles. The van der Waals surface area contributed by atoms with Gasteiger partial charge in [0.25, 0.3) is 0 Å². The number of hydrogen-bond donors (Lipinski definition) is 7. The Bertz CT molecular complexity index is 1410. The largest absolute Gasteiger partial charge is 0.472 e. The average molecular weight is 927 g/mol. The van der Waals surface area contributed by atoms with Crippen molar-refractivity contribution in [3.05, 3.63) is 72.9 Å². The summed E-state index contributed by atoms with van der Waals surface area (Å²) in [5, 5.41) is 60.2. The standard InChI is InChI=1S/C49H83O14P/c1-3-5-7-9-11-12-13-14-15-16-17-18-19-20-25-29-33-37-43(52)62-41(39-61-64(58,59)63-49-47(56)45(54)44(53)46(55)48(49)57)38-60-42(51)36-32-28-24-22-21-23-27-31-35-40(50)34-30-26-10-8-6-4-2/h6,8,14-15,22-24,26-27,30-31,35,40-41,44-50,53-57H,3-5,7,9-13,16-21,25,28-29,32-34,36-39H2,1-2H3,(H,58,59)/b8-6-,15-14-,24-22-,27-23-,30-26-,35-31+/t40?,41-,44?,45-,46+,47-,48-,49?/m1/s1. The van der Waals surface area contributed by atoms with E-state index in [-0.39, 0.29) is 12.8 Å². The molecule has 368 valence electrons. The summed E-state index contributed by atoms with van der Waals surface area (Å²) in [4.78, 5) is 35.7. The Labute approximate surface area is 383 Å². The topological polar surface area (TPSA) is 230 Å². The van der Waals surface area contributed by atoms with Crippen molar-refractivity contribution in [3.8, 4) is 0 Å². The molecule has 0 spiro atoms. The van der Waals surface area contributed by atoms with Crippen molar-refractivity contribution in [2.75, 3.05) is 13.2 Å². The molecule has 1 rings (SSSR count). The molecule has 1 aliphatic rings. The second-order valence-corrected chi connectivity index (χ2v) is 17.8. The zero-order valence-corrected chi connectivity index (χ0v) is 39.6. The Morgan fingerprint density at radius 2 is 1.09 bits per heavy atom. The molecule has 0 radical (unpaired) electrons. The molecule has 14 nitrogen and oxygen atoms in total. The molecule has 4 unspecified atom stereocenters. The van der Waals surface area contributed by atoms with E-state index in [1.54, 1.807) is 12.2 Å². The molecule has 0 aliphatic heterocycles. The predicted molar refractivity (Wildman–Crippen MR) is 250 cm³/mol. The highest BCUT2D eigenvalue weighted by atomic mass is 31.2. The molecule has 0 aromatic heterocycles. The van der Waals surface area contributed by atoms with Crippen molar-refractivity contribution in [1.82, 2.24) is 0 Å². The number of carbonyl (C=O) groups excluding carboxylic acids is 2. The minimum atomic E-state index is -5.15. The van der Waals surface area contributed by atoms with E-state index in [1.165, 1.54) is 38.5 Å². The zero-order valence-electron chi connectivity index (χ0n) is 38.7. The number of allylic oxidation sites excluding steroid dienone is 10. The summed E-state index contributed by atoms with van der Waals surface area (Å²) in [5.41, 5.74) is 0. The minimum absolute atomic E-state index is 0.0528. The van der Waals surface area contributed by atoms with Gasteiger partial charge in [0, 0.05) is 12.8 Å². The smallest absolute Gasteiger partial charge is 0.462 e. The van der Waals surface area contributed by atoms with Gasteiger partial charge in [0.1, 0.15) is 43.2 Å². The predicted octanol–water partition coefficient (Wildman–Crippen LogP) is 8.47. The van der Waals surface area contributed by atoms with E-state index < -0.39 is 81.8 Å². The Balaban J connectivity index is 2.52. The summed E-state index contributed by atoms with van der Waals surface area (Å²) >= 11 is 0.